The monoisotopic (exact) mass is 501 g/mol. The molecule has 1 aromatic heterocycles. The van der Waals surface area contributed by atoms with Crippen molar-refractivity contribution in [3.05, 3.63) is 66.0 Å². The van der Waals surface area contributed by atoms with Crippen LogP contribution in [0.4, 0.5) is 14.7 Å². The molecule has 0 aliphatic carbocycles. The molecule has 7 nitrogen and oxygen atoms in total. The zero-order valence-corrected chi connectivity index (χ0v) is 20.1. The van der Waals surface area contributed by atoms with Crippen molar-refractivity contribution in [2.24, 2.45) is 5.92 Å². The molecule has 2 aliphatic heterocycles. The Morgan fingerprint density at radius 3 is 2.31 bits per heavy atom. The maximum atomic E-state index is 15.1. The molecule has 2 aliphatic rings. The van der Waals surface area contributed by atoms with E-state index in [-0.39, 0.29) is 22.4 Å². The van der Waals surface area contributed by atoms with Crippen molar-refractivity contribution in [2.45, 2.75) is 30.4 Å². The maximum Gasteiger partial charge on any atom is 0.225 e. The van der Waals surface area contributed by atoms with Crippen LogP contribution < -0.4 is 9.64 Å². The molecule has 3 aromatic rings. The van der Waals surface area contributed by atoms with Crippen molar-refractivity contribution in [1.82, 2.24) is 9.97 Å². The summed E-state index contributed by atoms with van der Waals surface area (Å²) in [4.78, 5) is 11.0. The Balaban J connectivity index is 1.39. The summed E-state index contributed by atoms with van der Waals surface area (Å²) < 4.78 is 65.1. The van der Waals surface area contributed by atoms with Crippen molar-refractivity contribution < 1.29 is 26.7 Å². The number of benzene rings is 2. The number of fused-ring (bicyclic) bond motifs is 2. The van der Waals surface area contributed by atoms with Crippen molar-refractivity contribution in [3.8, 4) is 16.9 Å². The van der Waals surface area contributed by atoms with Crippen LogP contribution in [-0.2, 0) is 21.0 Å². The lowest BCUT2D eigenvalue weighted by Crippen LogP contribution is -2.46. The van der Waals surface area contributed by atoms with Gasteiger partial charge in [0.15, 0.2) is 27.2 Å². The molecular formula is C25H25F2N3O4S. The third kappa shape index (κ3) is 4.60. The number of aryl methyl sites for hydroxylation is 1. The van der Waals surface area contributed by atoms with Crippen LogP contribution in [0.5, 0.6) is 5.75 Å². The highest BCUT2D eigenvalue weighted by atomic mass is 32.2. The number of hydrogen-bond donors (Lipinski definition) is 0. The molecule has 35 heavy (non-hydrogen) atoms. The molecule has 3 unspecified atom stereocenters. The second-order valence-corrected chi connectivity index (χ2v) is 10.9. The van der Waals surface area contributed by atoms with Gasteiger partial charge in [0, 0.05) is 31.1 Å². The van der Waals surface area contributed by atoms with Crippen molar-refractivity contribution in [3.63, 3.8) is 0 Å². The minimum Gasteiger partial charge on any atom is -0.482 e. The SMILES string of the molecule is CCc1cnc(N2CC3COCC2C3Oc2c(F)cc(-c3ccc(S(C)(=O)=O)cc3)cc2F)nc1. The van der Waals surface area contributed by atoms with Crippen LogP contribution in [0.15, 0.2) is 53.7 Å². The van der Waals surface area contributed by atoms with E-state index >= 15 is 8.78 Å². The summed E-state index contributed by atoms with van der Waals surface area (Å²) in [6.07, 6.45) is 5.01. The van der Waals surface area contributed by atoms with E-state index < -0.39 is 33.3 Å². The largest absolute Gasteiger partial charge is 0.482 e. The summed E-state index contributed by atoms with van der Waals surface area (Å²) in [6, 6.07) is 7.97. The van der Waals surface area contributed by atoms with Gasteiger partial charge in [-0.15, -0.1) is 0 Å². The Morgan fingerprint density at radius 2 is 1.71 bits per heavy atom. The Bertz CT molecular complexity index is 1310. The number of sulfone groups is 1. The van der Waals surface area contributed by atoms with Crippen molar-refractivity contribution in [2.75, 3.05) is 30.9 Å². The minimum absolute atomic E-state index is 0.0924. The van der Waals surface area contributed by atoms with Crippen LogP contribution in [0.1, 0.15) is 12.5 Å². The van der Waals surface area contributed by atoms with Gasteiger partial charge in [0.05, 0.1) is 24.2 Å². The van der Waals surface area contributed by atoms with Crippen LogP contribution in [0.25, 0.3) is 11.1 Å². The molecule has 0 N–H and O–H groups in total. The highest BCUT2D eigenvalue weighted by Crippen LogP contribution is 2.37. The van der Waals surface area contributed by atoms with Gasteiger partial charge in [-0.2, -0.15) is 0 Å². The first-order valence-corrected chi connectivity index (χ1v) is 13.2. The second-order valence-electron chi connectivity index (χ2n) is 8.91. The normalized spacial score (nSPS) is 21.8. The second kappa shape index (κ2) is 9.16. The van der Waals surface area contributed by atoms with Gasteiger partial charge in [0.2, 0.25) is 5.95 Å². The number of anilines is 1. The minimum atomic E-state index is -3.37. The first kappa shape index (κ1) is 23.6. The van der Waals surface area contributed by atoms with Gasteiger partial charge in [-0.05, 0) is 47.4 Å². The molecule has 184 valence electrons. The van der Waals surface area contributed by atoms with E-state index in [1.165, 1.54) is 36.4 Å². The quantitative estimate of drug-likeness (QED) is 0.510. The molecule has 2 aromatic carbocycles. The molecule has 2 saturated heterocycles. The van der Waals surface area contributed by atoms with E-state index in [2.05, 4.69) is 9.97 Å². The third-order valence-corrected chi connectivity index (χ3v) is 7.65. The van der Waals surface area contributed by atoms with E-state index in [0.29, 0.717) is 31.3 Å². The van der Waals surface area contributed by atoms with E-state index in [0.717, 1.165) is 18.2 Å². The predicted molar refractivity (Wildman–Crippen MR) is 126 cm³/mol. The Kier molecular flexibility index (Phi) is 6.18. The van der Waals surface area contributed by atoms with Gasteiger partial charge in [-0.25, -0.2) is 27.2 Å². The van der Waals surface area contributed by atoms with Crippen LogP contribution in [0.2, 0.25) is 0 Å². The van der Waals surface area contributed by atoms with Crippen LogP contribution >= 0.6 is 0 Å². The summed E-state index contributed by atoms with van der Waals surface area (Å²) in [7, 11) is -3.37. The van der Waals surface area contributed by atoms with Gasteiger partial charge in [-0.1, -0.05) is 19.1 Å². The molecule has 3 atom stereocenters. The Morgan fingerprint density at radius 1 is 1.06 bits per heavy atom. The van der Waals surface area contributed by atoms with Gasteiger partial charge >= 0.3 is 0 Å². The number of ether oxygens (including phenoxy) is 2. The first-order chi connectivity index (χ1) is 16.7. The molecule has 0 spiro atoms. The van der Waals surface area contributed by atoms with Gasteiger partial charge < -0.3 is 14.4 Å². The Labute approximate surface area is 202 Å². The van der Waals surface area contributed by atoms with E-state index in [1.54, 1.807) is 12.4 Å². The average Bonchev–Trinajstić information content (AvgIpc) is 3.02. The van der Waals surface area contributed by atoms with E-state index in [9.17, 15) is 8.42 Å². The lowest BCUT2D eigenvalue weighted by molar-refractivity contribution is -0.00956. The van der Waals surface area contributed by atoms with Gasteiger partial charge in [0.25, 0.3) is 0 Å². The molecule has 10 heteroatoms. The molecule has 2 fully saturated rings. The number of nitrogens with zero attached hydrogens (tertiary/aromatic N) is 3. The standard InChI is InChI=1S/C25H25F2N3O4S/c1-3-15-10-28-25(29-11-15)30-12-18-13-33-14-22(30)23(18)34-24-20(26)8-17(9-21(24)27)16-4-6-19(7-5-16)35(2,31)32/h4-11,18,22-23H,3,12-14H2,1-2H3. The number of rotatable bonds is 6. The molecule has 2 bridgehead atoms. The van der Waals surface area contributed by atoms with Crippen LogP contribution in [-0.4, -0.2) is 56.5 Å². The highest BCUT2D eigenvalue weighted by Gasteiger charge is 2.48. The molecular weight excluding hydrogens is 476 g/mol. The number of halogens is 2. The smallest absolute Gasteiger partial charge is 0.225 e. The molecule has 3 heterocycles. The summed E-state index contributed by atoms with van der Waals surface area (Å²) in [6.45, 7) is 3.35. The molecule has 5 rings (SSSR count). The molecule has 0 amide bonds. The lowest BCUT2D eigenvalue weighted by Gasteiger charge is -2.32. The zero-order chi connectivity index (χ0) is 24.7. The summed E-state index contributed by atoms with van der Waals surface area (Å²) in [5.74, 6) is -1.64. The molecule has 0 radical (unpaired) electrons. The van der Waals surface area contributed by atoms with Gasteiger partial charge in [-0.3, -0.25) is 0 Å². The summed E-state index contributed by atoms with van der Waals surface area (Å²) >= 11 is 0. The highest BCUT2D eigenvalue weighted by molar-refractivity contribution is 7.90. The maximum absolute atomic E-state index is 15.1. The fraction of sp³-hybridized carbons (Fsp3) is 0.360. The van der Waals surface area contributed by atoms with E-state index in [1.807, 2.05) is 11.8 Å². The summed E-state index contributed by atoms with van der Waals surface area (Å²) in [5.41, 5.74) is 1.80. The molecule has 0 saturated carbocycles. The van der Waals surface area contributed by atoms with Crippen molar-refractivity contribution in [1.29, 1.82) is 0 Å². The fourth-order valence-electron chi connectivity index (χ4n) is 4.61. The predicted octanol–water partition coefficient (Wildman–Crippen LogP) is 3.67. The van der Waals surface area contributed by atoms with Crippen molar-refractivity contribution >= 4 is 15.8 Å². The fourth-order valence-corrected chi connectivity index (χ4v) is 5.24. The number of aromatic nitrogens is 2. The topological polar surface area (TPSA) is 81.6 Å². The van der Waals surface area contributed by atoms with Gasteiger partial charge in [0.1, 0.15) is 6.10 Å². The van der Waals surface area contributed by atoms with Crippen LogP contribution in [0.3, 0.4) is 0 Å². The zero-order valence-electron chi connectivity index (χ0n) is 19.3. The third-order valence-electron chi connectivity index (χ3n) is 6.52. The first-order valence-electron chi connectivity index (χ1n) is 11.4. The van der Waals surface area contributed by atoms with E-state index in [4.69, 9.17) is 9.47 Å². The number of hydrogen-bond acceptors (Lipinski definition) is 7. The lowest BCUT2D eigenvalue weighted by atomic mass is 10.00. The Hall–Kier alpha value is -3.11. The van der Waals surface area contributed by atoms with Crippen LogP contribution in [0, 0.1) is 17.6 Å². The summed E-state index contributed by atoms with van der Waals surface area (Å²) in [5, 5.41) is 0. The average molecular weight is 502 g/mol.